The van der Waals surface area contributed by atoms with E-state index in [1.807, 2.05) is 7.05 Å². The largest absolute Gasteiger partial charge is 0.312 e. The number of nitrogens with one attached hydrogen (secondary N) is 1. The van der Waals surface area contributed by atoms with Crippen molar-refractivity contribution in [1.29, 1.82) is 0 Å². The second kappa shape index (κ2) is 5.83. The number of hydrogen-bond acceptors (Lipinski definition) is 1. The lowest BCUT2D eigenvalue weighted by Crippen LogP contribution is -2.23. The fourth-order valence-corrected chi connectivity index (χ4v) is 2.56. The first-order valence-electron chi connectivity index (χ1n) is 6.51. The van der Waals surface area contributed by atoms with Crippen molar-refractivity contribution in [3.63, 3.8) is 0 Å². The van der Waals surface area contributed by atoms with E-state index in [4.69, 9.17) is 0 Å². The van der Waals surface area contributed by atoms with Gasteiger partial charge in [0.1, 0.15) is 0 Å². The minimum Gasteiger partial charge on any atom is -0.312 e. The molecule has 2 aromatic carbocycles. The van der Waals surface area contributed by atoms with E-state index in [1.54, 1.807) is 0 Å². The summed E-state index contributed by atoms with van der Waals surface area (Å²) in [7, 11) is 2.04. The third kappa shape index (κ3) is 2.62. The van der Waals surface area contributed by atoms with E-state index in [9.17, 15) is 0 Å². The van der Waals surface area contributed by atoms with Gasteiger partial charge in [-0.25, -0.2) is 0 Å². The minimum absolute atomic E-state index is 0.355. The van der Waals surface area contributed by atoms with Crippen molar-refractivity contribution >= 4 is 0 Å². The number of benzene rings is 2. The van der Waals surface area contributed by atoms with Crippen LogP contribution in [0.4, 0.5) is 0 Å². The van der Waals surface area contributed by atoms with Crippen LogP contribution < -0.4 is 5.32 Å². The van der Waals surface area contributed by atoms with Gasteiger partial charge in [0.25, 0.3) is 0 Å². The Balaban J connectivity index is 2.32. The molecule has 0 saturated carbocycles. The van der Waals surface area contributed by atoms with E-state index in [0.29, 0.717) is 12.0 Å². The molecule has 0 heterocycles. The van der Waals surface area contributed by atoms with Crippen LogP contribution >= 0.6 is 0 Å². The van der Waals surface area contributed by atoms with E-state index in [1.165, 1.54) is 16.7 Å². The van der Waals surface area contributed by atoms with Crippen molar-refractivity contribution < 1.29 is 0 Å². The second-order valence-corrected chi connectivity index (χ2v) is 4.82. The number of rotatable bonds is 4. The maximum Gasteiger partial charge on any atom is 0.0387 e. The van der Waals surface area contributed by atoms with Crippen LogP contribution in [0.1, 0.15) is 35.6 Å². The quantitative estimate of drug-likeness (QED) is 0.848. The lowest BCUT2D eigenvalue weighted by atomic mass is 9.87. The predicted octanol–water partition coefficient (Wildman–Crippen LogP) is 4.06. The molecule has 0 aliphatic rings. The topological polar surface area (TPSA) is 12.0 Å². The summed E-state index contributed by atoms with van der Waals surface area (Å²) in [6.45, 7) is 4.46. The van der Waals surface area contributed by atoms with Gasteiger partial charge < -0.3 is 5.32 Å². The molecule has 0 aliphatic carbocycles. The van der Waals surface area contributed by atoms with Crippen molar-refractivity contribution in [1.82, 2.24) is 5.32 Å². The van der Waals surface area contributed by atoms with Gasteiger partial charge in [0.2, 0.25) is 0 Å². The third-order valence-electron chi connectivity index (χ3n) is 3.66. The molecule has 0 radical (unpaired) electrons. The van der Waals surface area contributed by atoms with Crippen molar-refractivity contribution in [3.05, 3.63) is 71.3 Å². The molecule has 0 aromatic heterocycles. The molecule has 0 aliphatic heterocycles. The van der Waals surface area contributed by atoms with Gasteiger partial charge in [-0.1, -0.05) is 61.5 Å². The van der Waals surface area contributed by atoms with Crippen LogP contribution in [-0.2, 0) is 0 Å². The smallest absolute Gasteiger partial charge is 0.0387 e. The number of hydrogen-bond donors (Lipinski definition) is 1. The van der Waals surface area contributed by atoms with E-state index in [-0.39, 0.29) is 0 Å². The Morgan fingerprint density at radius 2 is 1.50 bits per heavy atom. The molecule has 2 aromatic rings. The van der Waals surface area contributed by atoms with Crippen LogP contribution in [-0.4, -0.2) is 7.05 Å². The third-order valence-corrected chi connectivity index (χ3v) is 3.66. The maximum absolute atomic E-state index is 3.46. The van der Waals surface area contributed by atoms with Gasteiger partial charge in [0.05, 0.1) is 0 Å². The van der Waals surface area contributed by atoms with E-state index in [0.717, 1.165) is 0 Å². The molecular weight excluding hydrogens is 218 g/mol. The van der Waals surface area contributed by atoms with Gasteiger partial charge in [-0.15, -0.1) is 0 Å². The summed E-state index contributed by atoms with van der Waals surface area (Å²) in [4.78, 5) is 0. The molecule has 94 valence electrons. The van der Waals surface area contributed by atoms with Crippen LogP contribution in [0.3, 0.4) is 0 Å². The fraction of sp³-hybridized carbons (Fsp3) is 0.294. The normalized spacial score (nSPS) is 14.2. The van der Waals surface area contributed by atoms with Crippen LogP contribution in [0.25, 0.3) is 0 Å². The summed E-state index contributed by atoms with van der Waals surface area (Å²) in [6, 6.07) is 19.6. The average Bonchev–Trinajstić information content (AvgIpc) is 2.42. The van der Waals surface area contributed by atoms with E-state index < -0.39 is 0 Å². The van der Waals surface area contributed by atoms with Crippen molar-refractivity contribution in [3.8, 4) is 0 Å². The van der Waals surface area contributed by atoms with E-state index >= 15 is 0 Å². The monoisotopic (exact) mass is 239 g/mol. The molecule has 0 fully saturated rings. The SMILES string of the molecule is CNC(c1ccccc1C)C(C)c1ccccc1. The Morgan fingerprint density at radius 3 is 2.11 bits per heavy atom. The highest BCUT2D eigenvalue weighted by Crippen LogP contribution is 2.31. The highest BCUT2D eigenvalue weighted by atomic mass is 14.9. The molecule has 1 heteroatoms. The van der Waals surface area contributed by atoms with Crippen molar-refractivity contribution in [2.24, 2.45) is 0 Å². The molecule has 0 saturated heterocycles. The summed E-state index contributed by atoms with van der Waals surface area (Å²) < 4.78 is 0. The Labute approximate surface area is 110 Å². The summed E-state index contributed by atoms with van der Waals surface area (Å²) in [5.74, 6) is 0.456. The molecule has 1 N–H and O–H groups in total. The van der Waals surface area contributed by atoms with Gasteiger partial charge in [-0.05, 0) is 30.7 Å². The number of likely N-dealkylation sites (N-methyl/N-ethyl adjacent to an activating group) is 1. The van der Waals surface area contributed by atoms with Gasteiger partial charge in [-0.3, -0.25) is 0 Å². The Morgan fingerprint density at radius 1 is 0.889 bits per heavy atom. The summed E-state index contributed by atoms with van der Waals surface area (Å²) >= 11 is 0. The molecule has 2 rings (SSSR count). The fourth-order valence-electron chi connectivity index (χ4n) is 2.56. The van der Waals surface area contributed by atoms with Crippen LogP contribution in [0.15, 0.2) is 54.6 Å². The molecule has 0 bridgehead atoms. The molecule has 0 amide bonds. The molecule has 0 spiro atoms. The first-order valence-corrected chi connectivity index (χ1v) is 6.51. The highest BCUT2D eigenvalue weighted by Gasteiger charge is 2.20. The summed E-state index contributed by atoms with van der Waals surface area (Å²) in [5, 5.41) is 3.46. The zero-order chi connectivity index (χ0) is 13.0. The lowest BCUT2D eigenvalue weighted by Gasteiger charge is -2.26. The van der Waals surface area contributed by atoms with Gasteiger partial charge in [-0.2, -0.15) is 0 Å². The Hall–Kier alpha value is -1.60. The Kier molecular flexibility index (Phi) is 4.16. The molecule has 18 heavy (non-hydrogen) atoms. The Bertz CT molecular complexity index is 490. The summed E-state index contributed by atoms with van der Waals surface area (Å²) in [6.07, 6.45) is 0. The standard InChI is InChI=1S/C17H21N/c1-13-9-7-8-12-16(13)17(18-3)14(2)15-10-5-4-6-11-15/h4-12,14,17-18H,1-3H3. The molecule has 2 atom stereocenters. The van der Waals surface area contributed by atoms with Crippen LogP contribution in [0.2, 0.25) is 0 Å². The average molecular weight is 239 g/mol. The van der Waals surface area contributed by atoms with Gasteiger partial charge in [0.15, 0.2) is 0 Å². The first kappa shape index (κ1) is 12.8. The molecule has 1 nitrogen and oxygen atoms in total. The maximum atomic E-state index is 3.46. The van der Waals surface area contributed by atoms with Crippen LogP contribution in [0.5, 0.6) is 0 Å². The molecular formula is C17H21N. The van der Waals surface area contributed by atoms with Crippen LogP contribution in [0, 0.1) is 6.92 Å². The zero-order valence-electron chi connectivity index (χ0n) is 11.4. The van der Waals surface area contributed by atoms with Gasteiger partial charge >= 0.3 is 0 Å². The second-order valence-electron chi connectivity index (χ2n) is 4.82. The minimum atomic E-state index is 0.355. The van der Waals surface area contributed by atoms with Gasteiger partial charge in [0, 0.05) is 12.0 Å². The predicted molar refractivity (Wildman–Crippen MR) is 77.8 cm³/mol. The molecule has 2 unspecified atom stereocenters. The van der Waals surface area contributed by atoms with E-state index in [2.05, 4.69) is 73.8 Å². The van der Waals surface area contributed by atoms with Crippen molar-refractivity contribution in [2.45, 2.75) is 25.8 Å². The highest BCUT2D eigenvalue weighted by molar-refractivity contribution is 5.32. The zero-order valence-corrected chi connectivity index (χ0v) is 11.4. The first-order chi connectivity index (χ1) is 8.74. The number of aryl methyl sites for hydroxylation is 1. The lowest BCUT2D eigenvalue weighted by molar-refractivity contribution is 0.506. The van der Waals surface area contributed by atoms with Crippen molar-refractivity contribution in [2.75, 3.05) is 7.05 Å². The summed E-state index contributed by atoms with van der Waals surface area (Å²) in [5.41, 5.74) is 4.11.